The molecule has 0 amide bonds. The topological polar surface area (TPSA) is 58.9 Å². The Hall–Kier alpha value is -2.80. The number of nitrogens with zero attached hydrogens (tertiary/aromatic N) is 2. The van der Waals surface area contributed by atoms with Gasteiger partial charge in [-0.3, -0.25) is 0 Å². The standard InChI is InChI=1S/C16H12N2O2/c1-12-8-16(18-11-20)7-4-14(12)9-13-2-5-15(6-3-13)17-10-19/h2-8H,9H2,1H3. The molecule has 0 saturated carbocycles. The highest BCUT2D eigenvalue weighted by atomic mass is 16.1. The summed E-state index contributed by atoms with van der Waals surface area (Å²) in [6.45, 7) is 1.98. The van der Waals surface area contributed by atoms with E-state index in [0.717, 1.165) is 23.1 Å². The fraction of sp³-hybridized carbons (Fsp3) is 0.125. The maximum atomic E-state index is 10.2. The van der Waals surface area contributed by atoms with E-state index in [2.05, 4.69) is 9.98 Å². The molecule has 0 aliphatic carbocycles. The second kappa shape index (κ2) is 6.39. The minimum atomic E-state index is 0.594. The second-order valence-electron chi connectivity index (χ2n) is 4.36. The van der Waals surface area contributed by atoms with Crippen molar-refractivity contribution in [2.45, 2.75) is 13.3 Å². The molecule has 0 unspecified atom stereocenters. The Morgan fingerprint density at radius 3 is 2.10 bits per heavy atom. The lowest BCUT2D eigenvalue weighted by molar-refractivity contribution is 0.564. The molecule has 2 aromatic rings. The molecule has 0 fully saturated rings. The van der Waals surface area contributed by atoms with Crippen LogP contribution in [0, 0.1) is 6.92 Å². The zero-order valence-corrected chi connectivity index (χ0v) is 11.0. The average molecular weight is 264 g/mol. The predicted octanol–water partition coefficient (Wildman–Crippen LogP) is 3.52. The molecule has 0 bridgehead atoms. The van der Waals surface area contributed by atoms with Gasteiger partial charge in [0, 0.05) is 0 Å². The summed E-state index contributed by atoms with van der Waals surface area (Å²) in [5.41, 5.74) is 4.54. The van der Waals surface area contributed by atoms with Gasteiger partial charge in [-0.1, -0.05) is 18.2 Å². The first-order valence-electron chi connectivity index (χ1n) is 6.07. The Labute approximate surface area is 116 Å². The van der Waals surface area contributed by atoms with Crippen molar-refractivity contribution in [1.82, 2.24) is 0 Å². The summed E-state index contributed by atoms with van der Waals surface area (Å²) >= 11 is 0. The molecule has 4 heteroatoms. The van der Waals surface area contributed by atoms with E-state index in [-0.39, 0.29) is 0 Å². The largest absolute Gasteiger partial charge is 0.240 e. The lowest BCUT2D eigenvalue weighted by Gasteiger charge is -2.06. The van der Waals surface area contributed by atoms with Crippen LogP contribution >= 0.6 is 0 Å². The van der Waals surface area contributed by atoms with Crippen molar-refractivity contribution in [3.63, 3.8) is 0 Å². The third kappa shape index (κ3) is 3.36. The van der Waals surface area contributed by atoms with Gasteiger partial charge in [-0.25, -0.2) is 9.59 Å². The fourth-order valence-corrected chi connectivity index (χ4v) is 1.96. The summed E-state index contributed by atoms with van der Waals surface area (Å²) < 4.78 is 0. The van der Waals surface area contributed by atoms with E-state index in [1.54, 1.807) is 18.2 Å². The van der Waals surface area contributed by atoms with E-state index in [9.17, 15) is 9.59 Å². The molecule has 2 aromatic carbocycles. The lowest BCUT2D eigenvalue weighted by Crippen LogP contribution is -1.91. The average Bonchev–Trinajstić information content (AvgIpc) is 2.44. The molecule has 20 heavy (non-hydrogen) atoms. The third-order valence-electron chi connectivity index (χ3n) is 3.01. The molecule has 0 saturated heterocycles. The Kier molecular flexibility index (Phi) is 4.35. The highest BCUT2D eigenvalue weighted by molar-refractivity contribution is 5.52. The van der Waals surface area contributed by atoms with Crippen molar-refractivity contribution >= 4 is 23.5 Å². The first-order valence-corrected chi connectivity index (χ1v) is 6.07. The van der Waals surface area contributed by atoms with Crippen LogP contribution in [0.3, 0.4) is 0 Å². The molecule has 0 aliphatic rings. The van der Waals surface area contributed by atoms with Gasteiger partial charge >= 0.3 is 0 Å². The number of hydrogen-bond donors (Lipinski definition) is 0. The van der Waals surface area contributed by atoms with E-state index in [1.807, 2.05) is 31.2 Å². The predicted molar refractivity (Wildman–Crippen MR) is 76.0 cm³/mol. The summed E-state index contributed by atoms with van der Waals surface area (Å²) in [7, 11) is 0. The molecule has 2 rings (SSSR count). The SMILES string of the molecule is Cc1cc(N=C=O)ccc1Cc1ccc(N=C=O)cc1. The molecule has 0 aliphatic heterocycles. The van der Waals surface area contributed by atoms with E-state index in [1.165, 1.54) is 12.2 Å². The fourth-order valence-electron chi connectivity index (χ4n) is 1.96. The lowest BCUT2D eigenvalue weighted by atomic mass is 10.00. The summed E-state index contributed by atoms with van der Waals surface area (Å²) in [5, 5.41) is 0. The molecule has 0 atom stereocenters. The summed E-state index contributed by atoms with van der Waals surface area (Å²) in [6, 6.07) is 13.0. The van der Waals surface area contributed by atoms with Gasteiger partial charge in [-0.05, 0) is 54.3 Å². The van der Waals surface area contributed by atoms with Crippen molar-refractivity contribution in [3.05, 3.63) is 59.2 Å². The maximum Gasteiger partial charge on any atom is 0.240 e. The van der Waals surface area contributed by atoms with Crippen LogP contribution in [-0.4, -0.2) is 12.2 Å². The summed E-state index contributed by atoms with van der Waals surface area (Å²) in [6.07, 6.45) is 3.81. The van der Waals surface area contributed by atoms with Crippen molar-refractivity contribution in [1.29, 1.82) is 0 Å². The van der Waals surface area contributed by atoms with Crippen LogP contribution in [0.25, 0.3) is 0 Å². The van der Waals surface area contributed by atoms with Crippen LogP contribution in [-0.2, 0) is 16.0 Å². The van der Waals surface area contributed by atoms with E-state index >= 15 is 0 Å². The number of carbonyl (C=O) groups excluding carboxylic acids is 2. The van der Waals surface area contributed by atoms with Gasteiger partial charge in [0.05, 0.1) is 11.4 Å². The summed E-state index contributed by atoms with van der Waals surface area (Å²) in [4.78, 5) is 27.5. The number of aryl methyl sites for hydroxylation is 1. The van der Waals surface area contributed by atoms with Crippen LogP contribution in [0.4, 0.5) is 11.4 Å². The minimum absolute atomic E-state index is 0.594. The second-order valence-corrected chi connectivity index (χ2v) is 4.36. The molecule has 0 spiro atoms. The van der Waals surface area contributed by atoms with Gasteiger partial charge in [0.15, 0.2) is 0 Å². The first kappa shape index (κ1) is 13.6. The molecular weight excluding hydrogens is 252 g/mol. The maximum absolute atomic E-state index is 10.2. The molecule has 0 heterocycles. The van der Waals surface area contributed by atoms with Crippen molar-refractivity contribution in [2.75, 3.05) is 0 Å². The highest BCUT2D eigenvalue weighted by Crippen LogP contribution is 2.21. The van der Waals surface area contributed by atoms with Gasteiger partial charge < -0.3 is 0 Å². The van der Waals surface area contributed by atoms with Gasteiger partial charge in [0.25, 0.3) is 0 Å². The number of hydrogen-bond acceptors (Lipinski definition) is 4. The molecular formula is C16H12N2O2. The Balaban J connectivity index is 2.21. The summed E-state index contributed by atoms with van der Waals surface area (Å²) in [5.74, 6) is 0. The van der Waals surface area contributed by atoms with Crippen molar-refractivity contribution < 1.29 is 9.59 Å². The molecule has 0 aromatic heterocycles. The number of isocyanates is 2. The molecule has 98 valence electrons. The van der Waals surface area contributed by atoms with Crippen LogP contribution in [0.1, 0.15) is 16.7 Å². The zero-order valence-electron chi connectivity index (χ0n) is 11.0. The van der Waals surface area contributed by atoms with Crippen LogP contribution < -0.4 is 0 Å². The van der Waals surface area contributed by atoms with E-state index < -0.39 is 0 Å². The molecule has 0 radical (unpaired) electrons. The van der Waals surface area contributed by atoms with Gasteiger partial charge in [0.1, 0.15) is 0 Å². The number of aliphatic imine (C=N–C) groups is 2. The quantitative estimate of drug-likeness (QED) is 0.626. The van der Waals surface area contributed by atoms with Crippen molar-refractivity contribution in [3.8, 4) is 0 Å². The third-order valence-corrected chi connectivity index (χ3v) is 3.01. The molecule has 0 N–H and O–H groups in total. The van der Waals surface area contributed by atoms with Gasteiger partial charge in [0.2, 0.25) is 12.2 Å². The van der Waals surface area contributed by atoms with Crippen LogP contribution in [0.2, 0.25) is 0 Å². The smallest absolute Gasteiger partial charge is 0.211 e. The minimum Gasteiger partial charge on any atom is -0.211 e. The molecule has 4 nitrogen and oxygen atoms in total. The highest BCUT2D eigenvalue weighted by Gasteiger charge is 2.02. The zero-order chi connectivity index (χ0) is 14.4. The van der Waals surface area contributed by atoms with Crippen LogP contribution in [0.15, 0.2) is 52.4 Å². The Bertz CT molecular complexity index is 708. The monoisotopic (exact) mass is 264 g/mol. The first-order chi connectivity index (χ1) is 9.72. The number of rotatable bonds is 4. The van der Waals surface area contributed by atoms with E-state index in [4.69, 9.17) is 0 Å². The van der Waals surface area contributed by atoms with Gasteiger partial charge in [-0.15, -0.1) is 0 Å². The van der Waals surface area contributed by atoms with Crippen molar-refractivity contribution in [2.24, 2.45) is 9.98 Å². The Morgan fingerprint density at radius 2 is 1.50 bits per heavy atom. The Morgan fingerprint density at radius 1 is 0.900 bits per heavy atom. The van der Waals surface area contributed by atoms with E-state index in [0.29, 0.717) is 11.4 Å². The van der Waals surface area contributed by atoms with Gasteiger partial charge in [-0.2, -0.15) is 9.98 Å². The normalized spacial score (nSPS) is 9.45. The van der Waals surface area contributed by atoms with Crippen LogP contribution in [0.5, 0.6) is 0 Å². The number of benzene rings is 2.